The summed E-state index contributed by atoms with van der Waals surface area (Å²) in [6, 6.07) is 16.7. The van der Waals surface area contributed by atoms with Crippen LogP contribution in [0.2, 0.25) is 0 Å². The van der Waals surface area contributed by atoms with Gasteiger partial charge in [0.05, 0.1) is 12.5 Å². The van der Waals surface area contributed by atoms with E-state index in [-0.39, 0.29) is 0 Å². The summed E-state index contributed by atoms with van der Waals surface area (Å²) in [4.78, 5) is 1.33. The van der Waals surface area contributed by atoms with Gasteiger partial charge in [-0.15, -0.1) is 0 Å². The standard InChI is InChI=1S/C15H15NOS/c1-17-13-8-4-2-6-11(13)10-15-16-12-7-3-5-9-14(12)18-15/h2-9,15-16H,10H2,1H3. The number of methoxy groups -OCH3 is 1. The van der Waals surface area contributed by atoms with Crippen LogP contribution in [-0.2, 0) is 6.42 Å². The van der Waals surface area contributed by atoms with E-state index in [9.17, 15) is 0 Å². The Morgan fingerprint density at radius 3 is 2.72 bits per heavy atom. The first-order valence-corrected chi connectivity index (χ1v) is 6.89. The molecule has 1 N–H and O–H groups in total. The fourth-order valence-corrected chi connectivity index (χ4v) is 3.38. The molecule has 3 rings (SSSR count). The average Bonchev–Trinajstić information content (AvgIpc) is 2.81. The molecule has 1 aliphatic rings. The highest BCUT2D eigenvalue weighted by Crippen LogP contribution is 2.39. The summed E-state index contributed by atoms with van der Waals surface area (Å²) in [5.41, 5.74) is 2.49. The minimum Gasteiger partial charge on any atom is -0.496 e. The Balaban J connectivity index is 1.76. The highest BCUT2D eigenvalue weighted by atomic mass is 32.2. The Morgan fingerprint density at radius 2 is 1.89 bits per heavy atom. The van der Waals surface area contributed by atoms with Gasteiger partial charge in [-0.2, -0.15) is 0 Å². The first-order chi connectivity index (χ1) is 8.86. The number of rotatable bonds is 3. The molecule has 0 amide bonds. The molecule has 1 heterocycles. The van der Waals surface area contributed by atoms with E-state index in [1.165, 1.54) is 16.1 Å². The minimum atomic E-state index is 0.388. The van der Waals surface area contributed by atoms with E-state index in [0.717, 1.165) is 12.2 Å². The number of ether oxygens (including phenoxy) is 1. The van der Waals surface area contributed by atoms with Crippen LogP contribution in [0.4, 0.5) is 5.69 Å². The van der Waals surface area contributed by atoms with E-state index in [4.69, 9.17) is 4.74 Å². The lowest BCUT2D eigenvalue weighted by Crippen LogP contribution is -2.13. The topological polar surface area (TPSA) is 21.3 Å². The van der Waals surface area contributed by atoms with E-state index >= 15 is 0 Å². The van der Waals surface area contributed by atoms with Crippen molar-refractivity contribution in [3.05, 3.63) is 54.1 Å². The normalized spacial score (nSPS) is 17.1. The molecule has 92 valence electrons. The molecule has 2 aromatic carbocycles. The number of thioether (sulfide) groups is 1. The quantitative estimate of drug-likeness (QED) is 0.904. The van der Waals surface area contributed by atoms with Crippen molar-refractivity contribution in [3.8, 4) is 5.75 Å². The maximum atomic E-state index is 5.40. The number of anilines is 1. The number of hydrogen-bond donors (Lipinski definition) is 1. The average molecular weight is 257 g/mol. The van der Waals surface area contributed by atoms with Crippen molar-refractivity contribution in [1.29, 1.82) is 0 Å². The van der Waals surface area contributed by atoms with Crippen molar-refractivity contribution in [2.75, 3.05) is 12.4 Å². The maximum absolute atomic E-state index is 5.40. The highest BCUT2D eigenvalue weighted by Gasteiger charge is 2.21. The molecular weight excluding hydrogens is 242 g/mol. The van der Waals surface area contributed by atoms with Gasteiger partial charge >= 0.3 is 0 Å². The van der Waals surface area contributed by atoms with Crippen LogP contribution in [0, 0.1) is 0 Å². The zero-order valence-corrected chi connectivity index (χ0v) is 11.0. The molecule has 0 saturated carbocycles. The van der Waals surface area contributed by atoms with Gasteiger partial charge in [0, 0.05) is 17.0 Å². The fraction of sp³-hybridized carbons (Fsp3) is 0.200. The van der Waals surface area contributed by atoms with Gasteiger partial charge in [-0.25, -0.2) is 0 Å². The molecular formula is C15H15NOS. The van der Waals surface area contributed by atoms with E-state index in [2.05, 4.69) is 41.7 Å². The fourth-order valence-electron chi connectivity index (χ4n) is 2.21. The number of nitrogens with one attached hydrogen (secondary N) is 1. The molecule has 0 fully saturated rings. The van der Waals surface area contributed by atoms with Crippen LogP contribution in [0.1, 0.15) is 5.56 Å². The summed E-state index contributed by atoms with van der Waals surface area (Å²) in [7, 11) is 1.73. The second-order valence-electron chi connectivity index (χ2n) is 4.26. The Kier molecular flexibility index (Phi) is 3.15. The molecule has 0 radical (unpaired) electrons. The predicted molar refractivity (Wildman–Crippen MR) is 76.4 cm³/mol. The molecule has 1 aliphatic heterocycles. The Labute approximate surface area is 111 Å². The van der Waals surface area contributed by atoms with Crippen LogP contribution < -0.4 is 10.1 Å². The molecule has 0 saturated heterocycles. The Bertz CT molecular complexity index is 531. The maximum Gasteiger partial charge on any atom is 0.122 e. The lowest BCUT2D eigenvalue weighted by Gasteiger charge is -2.13. The summed E-state index contributed by atoms with van der Waals surface area (Å²) < 4.78 is 5.40. The van der Waals surface area contributed by atoms with Gasteiger partial charge in [-0.1, -0.05) is 42.1 Å². The molecule has 18 heavy (non-hydrogen) atoms. The first kappa shape index (κ1) is 11.5. The molecule has 0 aliphatic carbocycles. The smallest absolute Gasteiger partial charge is 0.122 e. The number of fused-ring (bicyclic) bond motifs is 1. The van der Waals surface area contributed by atoms with Crippen LogP contribution in [0.3, 0.4) is 0 Å². The zero-order chi connectivity index (χ0) is 12.4. The van der Waals surface area contributed by atoms with Gasteiger partial charge in [0.15, 0.2) is 0 Å². The summed E-state index contributed by atoms with van der Waals surface area (Å²) in [5, 5.41) is 3.93. The molecule has 1 atom stereocenters. The molecule has 0 spiro atoms. The van der Waals surface area contributed by atoms with Gasteiger partial charge in [0.2, 0.25) is 0 Å². The second kappa shape index (κ2) is 4.94. The van der Waals surface area contributed by atoms with Gasteiger partial charge in [-0.3, -0.25) is 0 Å². The van der Waals surface area contributed by atoms with Gasteiger partial charge in [-0.05, 0) is 23.8 Å². The van der Waals surface area contributed by atoms with Crippen LogP contribution in [0.15, 0.2) is 53.4 Å². The van der Waals surface area contributed by atoms with Gasteiger partial charge in [0.25, 0.3) is 0 Å². The first-order valence-electron chi connectivity index (χ1n) is 6.01. The monoisotopic (exact) mass is 257 g/mol. The lowest BCUT2D eigenvalue weighted by atomic mass is 10.1. The SMILES string of the molecule is COc1ccccc1CC1Nc2ccccc2S1. The largest absolute Gasteiger partial charge is 0.496 e. The van der Waals surface area contributed by atoms with Crippen molar-refractivity contribution < 1.29 is 4.74 Å². The van der Waals surface area contributed by atoms with E-state index < -0.39 is 0 Å². The molecule has 0 bridgehead atoms. The lowest BCUT2D eigenvalue weighted by molar-refractivity contribution is 0.409. The van der Waals surface area contributed by atoms with Crippen molar-refractivity contribution in [2.24, 2.45) is 0 Å². The van der Waals surface area contributed by atoms with Crippen molar-refractivity contribution in [1.82, 2.24) is 0 Å². The van der Waals surface area contributed by atoms with Crippen molar-refractivity contribution in [2.45, 2.75) is 16.7 Å². The molecule has 2 nitrogen and oxygen atoms in total. The van der Waals surface area contributed by atoms with E-state index in [1.807, 2.05) is 23.9 Å². The highest BCUT2D eigenvalue weighted by molar-refractivity contribution is 8.00. The van der Waals surface area contributed by atoms with E-state index in [0.29, 0.717) is 5.37 Å². The molecule has 0 aromatic heterocycles. The summed E-state index contributed by atoms with van der Waals surface area (Å²) in [5.74, 6) is 0.968. The summed E-state index contributed by atoms with van der Waals surface area (Å²) in [6.07, 6.45) is 0.962. The van der Waals surface area contributed by atoms with E-state index in [1.54, 1.807) is 7.11 Å². The zero-order valence-electron chi connectivity index (χ0n) is 10.2. The second-order valence-corrected chi connectivity index (χ2v) is 5.51. The number of benzene rings is 2. The van der Waals surface area contributed by atoms with Crippen molar-refractivity contribution >= 4 is 17.4 Å². The predicted octanol–water partition coefficient (Wildman–Crippen LogP) is 3.78. The molecule has 3 heteroatoms. The minimum absolute atomic E-state index is 0.388. The summed E-state index contributed by atoms with van der Waals surface area (Å²) in [6.45, 7) is 0. The third-order valence-electron chi connectivity index (χ3n) is 3.07. The summed E-state index contributed by atoms with van der Waals surface area (Å²) >= 11 is 1.88. The van der Waals surface area contributed by atoms with Crippen LogP contribution in [-0.4, -0.2) is 12.5 Å². The van der Waals surface area contributed by atoms with Crippen molar-refractivity contribution in [3.63, 3.8) is 0 Å². The molecule has 2 aromatic rings. The van der Waals surface area contributed by atoms with Gasteiger partial charge in [0.1, 0.15) is 5.75 Å². The Morgan fingerprint density at radius 1 is 1.11 bits per heavy atom. The van der Waals surface area contributed by atoms with Crippen LogP contribution >= 0.6 is 11.8 Å². The Hall–Kier alpha value is -1.61. The third kappa shape index (κ3) is 2.18. The molecule has 1 unspecified atom stereocenters. The number of para-hydroxylation sites is 2. The van der Waals surface area contributed by atoms with Gasteiger partial charge < -0.3 is 10.1 Å². The van der Waals surface area contributed by atoms with Crippen LogP contribution in [0.25, 0.3) is 0 Å². The van der Waals surface area contributed by atoms with Crippen LogP contribution in [0.5, 0.6) is 5.75 Å². The number of hydrogen-bond acceptors (Lipinski definition) is 3. The third-order valence-corrected chi connectivity index (χ3v) is 4.25.